The number of hydrogen-bond acceptors (Lipinski definition) is 4. The van der Waals surface area contributed by atoms with E-state index < -0.39 is 15.7 Å². The molecule has 7 heteroatoms. The molecule has 1 aromatic rings. The Labute approximate surface area is 132 Å². The first kappa shape index (κ1) is 18.2. The fourth-order valence-corrected chi connectivity index (χ4v) is 3.19. The molecular weight excluding hydrogens is 315 g/mol. The van der Waals surface area contributed by atoms with Gasteiger partial charge in [0.25, 0.3) is 0 Å². The SMILES string of the molecule is CC(C)[C@@H]1CN(c2ccc(F)c(S(C)(=O)=O)c2)CCN1.Cl. The summed E-state index contributed by atoms with van der Waals surface area (Å²) in [5.41, 5.74) is 0.763. The van der Waals surface area contributed by atoms with Crippen LogP contribution in [0.5, 0.6) is 0 Å². The second-order valence-corrected chi connectivity index (χ2v) is 7.62. The third-order valence-corrected chi connectivity index (χ3v) is 4.80. The Hall–Kier alpha value is -0.850. The van der Waals surface area contributed by atoms with Gasteiger partial charge in [-0.2, -0.15) is 0 Å². The highest BCUT2D eigenvalue weighted by atomic mass is 35.5. The summed E-state index contributed by atoms with van der Waals surface area (Å²) in [5, 5.41) is 3.44. The number of nitrogens with one attached hydrogen (secondary N) is 1. The molecule has 120 valence electrons. The summed E-state index contributed by atoms with van der Waals surface area (Å²) in [6.07, 6.45) is 1.03. The van der Waals surface area contributed by atoms with Crippen LogP contribution in [0.1, 0.15) is 13.8 Å². The van der Waals surface area contributed by atoms with E-state index in [2.05, 4.69) is 24.1 Å². The maximum absolute atomic E-state index is 13.6. The summed E-state index contributed by atoms with van der Waals surface area (Å²) in [6, 6.07) is 4.67. The van der Waals surface area contributed by atoms with Crippen molar-refractivity contribution < 1.29 is 12.8 Å². The van der Waals surface area contributed by atoms with Gasteiger partial charge in [-0.3, -0.25) is 0 Å². The number of hydrogen-bond donors (Lipinski definition) is 1. The van der Waals surface area contributed by atoms with E-state index >= 15 is 0 Å². The van der Waals surface area contributed by atoms with Gasteiger partial charge < -0.3 is 10.2 Å². The molecule has 21 heavy (non-hydrogen) atoms. The average Bonchev–Trinajstić information content (AvgIpc) is 2.38. The lowest BCUT2D eigenvalue weighted by Gasteiger charge is -2.37. The highest BCUT2D eigenvalue weighted by molar-refractivity contribution is 7.90. The standard InChI is InChI=1S/C14H21FN2O2S.ClH/c1-10(2)13-9-17(7-6-16-13)11-4-5-12(15)14(8-11)20(3,18)19;/h4-5,8,10,13,16H,6-7,9H2,1-3H3;1H/t13-;/m0./s1. The molecule has 1 aromatic carbocycles. The molecule has 0 amide bonds. The summed E-state index contributed by atoms with van der Waals surface area (Å²) >= 11 is 0. The third-order valence-electron chi connectivity index (χ3n) is 3.69. The van der Waals surface area contributed by atoms with Crippen LogP contribution >= 0.6 is 12.4 Å². The average molecular weight is 337 g/mol. The van der Waals surface area contributed by atoms with Gasteiger partial charge in [0.1, 0.15) is 10.7 Å². The lowest BCUT2D eigenvalue weighted by molar-refractivity contribution is 0.368. The molecule has 2 rings (SSSR count). The zero-order chi connectivity index (χ0) is 14.9. The Morgan fingerprint density at radius 3 is 2.62 bits per heavy atom. The van der Waals surface area contributed by atoms with E-state index in [4.69, 9.17) is 0 Å². The summed E-state index contributed by atoms with van der Waals surface area (Å²) in [6.45, 7) is 6.72. The molecule has 1 N–H and O–H groups in total. The molecule has 0 unspecified atom stereocenters. The van der Waals surface area contributed by atoms with Crippen molar-refractivity contribution in [2.24, 2.45) is 5.92 Å². The van der Waals surface area contributed by atoms with E-state index in [0.29, 0.717) is 12.0 Å². The Balaban J connectivity index is 0.00000220. The van der Waals surface area contributed by atoms with Crippen LogP contribution in [0, 0.1) is 11.7 Å². The Morgan fingerprint density at radius 2 is 2.05 bits per heavy atom. The summed E-state index contributed by atoms with van der Waals surface area (Å²) in [4.78, 5) is 1.88. The number of piperazine rings is 1. The van der Waals surface area contributed by atoms with E-state index in [0.717, 1.165) is 31.6 Å². The van der Waals surface area contributed by atoms with E-state index in [9.17, 15) is 12.8 Å². The van der Waals surface area contributed by atoms with Crippen molar-refractivity contribution in [3.8, 4) is 0 Å². The van der Waals surface area contributed by atoms with Crippen LogP contribution in [0.4, 0.5) is 10.1 Å². The number of sulfone groups is 1. The monoisotopic (exact) mass is 336 g/mol. The molecule has 0 aromatic heterocycles. The minimum Gasteiger partial charge on any atom is -0.369 e. The van der Waals surface area contributed by atoms with Crippen LogP contribution in [0.25, 0.3) is 0 Å². The lowest BCUT2D eigenvalue weighted by Crippen LogP contribution is -2.53. The van der Waals surface area contributed by atoms with Crippen LogP contribution in [-0.4, -0.2) is 40.3 Å². The van der Waals surface area contributed by atoms with Crippen LogP contribution in [0.15, 0.2) is 23.1 Å². The van der Waals surface area contributed by atoms with Crippen molar-refractivity contribution in [2.45, 2.75) is 24.8 Å². The molecule has 0 bridgehead atoms. The van der Waals surface area contributed by atoms with Gasteiger partial charge >= 0.3 is 0 Å². The van der Waals surface area contributed by atoms with Gasteiger partial charge in [-0.15, -0.1) is 12.4 Å². The van der Waals surface area contributed by atoms with Gasteiger partial charge in [0, 0.05) is 37.6 Å². The molecule has 1 aliphatic rings. The molecule has 0 saturated carbocycles. The van der Waals surface area contributed by atoms with Gasteiger partial charge in [-0.25, -0.2) is 12.8 Å². The first-order chi connectivity index (χ1) is 9.29. The summed E-state index contributed by atoms with van der Waals surface area (Å²) < 4.78 is 36.8. The number of anilines is 1. The number of halogens is 2. The molecule has 1 atom stereocenters. The van der Waals surface area contributed by atoms with Crippen molar-refractivity contribution in [1.82, 2.24) is 5.32 Å². The molecule has 0 radical (unpaired) electrons. The van der Waals surface area contributed by atoms with Crippen molar-refractivity contribution in [1.29, 1.82) is 0 Å². The Morgan fingerprint density at radius 1 is 1.38 bits per heavy atom. The van der Waals surface area contributed by atoms with Gasteiger partial charge in [-0.1, -0.05) is 13.8 Å². The molecule has 1 saturated heterocycles. The largest absolute Gasteiger partial charge is 0.369 e. The second kappa shape index (κ2) is 6.94. The molecule has 1 aliphatic heterocycles. The van der Waals surface area contributed by atoms with Gasteiger partial charge in [0.05, 0.1) is 0 Å². The molecule has 0 spiro atoms. The second-order valence-electron chi connectivity index (χ2n) is 5.64. The highest BCUT2D eigenvalue weighted by Gasteiger charge is 2.23. The molecular formula is C14H22ClFN2O2S. The number of benzene rings is 1. The molecule has 0 aliphatic carbocycles. The van der Waals surface area contributed by atoms with Gasteiger partial charge in [0.15, 0.2) is 9.84 Å². The first-order valence-corrected chi connectivity index (χ1v) is 8.66. The minimum atomic E-state index is -3.54. The zero-order valence-electron chi connectivity index (χ0n) is 12.5. The highest BCUT2D eigenvalue weighted by Crippen LogP contribution is 2.24. The number of nitrogens with zero attached hydrogens (tertiary/aromatic N) is 1. The van der Waals surface area contributed by atoms with Crippen LogP contribution in [0.2, 0.25) is 0 Å². The predicted octanol–water partition coefficient (Wildman–Crippen LogP) is 2.09. The van der Waals surface area contributed by atoms with Gasteiger partial charge in [-0.05, 0) is 24.1 Å². The van der Waals surface area contributed by atoms with Crippen molar-refractivity contribution in [2.75, 3.05) is 30.8 Å². The maximum Gasteiger partial charge on any atom is 0.178 e. The van der Waals surface area contributed by atoms with Crippen LogP contribution < -0.4 is 10.2 Å². The van der Waals surface area contributed by atoms with Crippen molar-refractivity contribution in [3.05, 3.63) is 24.0 Å². The number of rotatable bonds is 3. The minimum absolute atomic E-state index is 0. The normalized spacial score (nSPS) is 19.5. The topological polar surface area (TPSA) is 49.4 Å². The molecule has 1 heterocycles. The van der Waals surface area contributed by atoms with Gasteiger partial charge in [0.2, 0.25) is 0 Å². The summed E-state index contributed by atoms with van der Waals surface area (Å²) in [7, 11) is -3.54. The smallest absolute Gasteiger partial charge is 0.178 e. The maximum atomic E-state index is 13.6. The first-order valence-electron chi connectivity index (χ1n) is 6.77. The Bertz CT molecular complexity index is 593. The Kier molecular flexibility index (Phi) is 6.01. The molecule has 4 nitrogen and oxygen atoms in total. The zero-order valence-corrected chi connectivity index (χ0v) is 14.1. The fourth-order valence-electron chi connectivity index (χ4n) is 2.43. The fraction of sp³-hybridized carbons (Fsp3) is 0.571. The summed E-state index contributed by atoms with van der Waals surface area (Å²) in [5.74, 6) is -0.195. The third kappa shape index (κ3) is 4.31. The van der Waals surface area contributed by atoms with E-state index in [1.165, 1.54) is 12.1 Å². The van der Waals surface area contributed by atoms with Crippen LogP contribution in [0.3, 0.4) is 0 Å². The molecule has 1 fully saturated rings. The van der Waals surface area contributed by atoms with Crippen LogP contribution in [-0.2, 0) is 9.84 Å². The van der Waals surface area contributed by atoms with E-state index in [1.54, 1.807) is 6.07 Å². The lowest BCUT2D eigenvalue weighted by atomic mass is 10.0. The van der Waals surface area contributed by atoms with Crippen molar-refractivity contribution >= 4 is 27.9 Å². The predicted molar refractivity (Wildman–Crippen MR) is 85.6 cm³/mol. The quantitative estimate of drug-likeness (QED) is 0.918. The van der Waals surface area contributed by atoms with Crippen molar-refractivity contribution in [3.63, 3.8) is 0 Å². The van der Waals surface area contributed by atoms with E-state index in [1.807, 2.05) is 0 Å². The van der Waals surface area contributed by atoms with E-state index in [-0.39, 0.29) is 17.3 Å².